The van der Waals surface area contributed by atoms with Crippen LogP contribution in [0.1, 0.15) is 72.6 Å². The van der Waals surface area contributed by atoms with E-state index >= 15 is 0 Å². The van der Waals surface area contributed by atoms with Crippen LogP contribution < -0.4 is 5.32 Å². The Balaban J connectivity index is 2.47. The third-order valence-electron chi connectivity index (χ3n) is 5.14. The number of nitrogens with zero attached hydrogens (tertiary/aromatic N) is 1. The Labute approximate surface area is 134 Å². The molecule has 0 aromatic carbocycles. The van der Waals surface area contributed by atoms with Gasteiger partial charge in [-0.3, -0.25) is 0 Å². The predicted molar refractivity (Wildman–Crippen MR) is 94.8 cm³/mol. The highest BCUT2D eigenvalue weighted by atomic mass is 15.1. The quantitative estimate of drug-likeness (QED) is 0.595. The fourth-order valence-corrected chi connectivity index (χ4v) is 3.67. The Bertz CT molecular complexity index is 254. The monoisotopic (exact) mass is 296 g/mol. The highest BCUT2D eigenvalue weighted by Crippen LogP contribution is 2.39. The van der Waals surface area contributed by atoms with E-state index in [0.29, 0.717) is 5.41 Å². The van der Waals surface area contributed by atoms with Gasteiger partial charge < -0.3 is 10.2 Å². The van der Waals surface area contributed by atoms with Gasteiger partial charge in [-0.1, -0.05) is 53.4 Å². The highest BCUT2D eigenvalue weighted by Gasteiger charge is 2.34. The SMILES string of the molecule is CCCCCN(C)CC1(CNCC(C)C)CCC(C)CC1. The van der Waals surface area contributed by atoms with Gasteiger partial charge in [0, 0.05) is 13.1 Å². The maximum Gasteiger partial charge on any atom is 0.00471 e. The summed E-state index contributed by atoms with van der Waals surface area (Å²) in [6.45, 7) is 14.3. The lowest BCUT2D eigenvalue weighted by atomic mass is 9.70. The van der Waals surface area contributed by atoms with Gasteiger partial charge in [0.2, 0.25) is 0 Å². The summed E-state index contributed by atoms with van der Waals surface area (Å²) >= 11 is 0. The molecular formula is C19H40N2. The van der Waals surface area contributed by atoms with Gasteiger partial charge in [0.1, 0.15) is 0 Å². The molecule has 1 fully saturated rings. The van der Waals surface area contributed by atoms with Crippen molar-refractivity contribution in [1.82, 2.24) is 10.2 Å². The fraction of sp³-hybridized carbons (Fsp3) is 1.00. The van der Waals surface area contributed by atoms with Crippen LogP contribution >= 0.6 is 0 Å². The molecule has 126 valence electrons. The average Bonchev–Trinajstić information content (AvgIpc) is 2.42. The zero-order chi connectivity index (χ0) is 15.7. The van der Waals surface area contributed by atoms with E-state index in [4.69, 9.17) is 0 Å². The molecule has 0 spiro atoms. The van der Waals surface area contributed by atoms with E-state index in [-0.39, 0.29) is 0 Å². The van der Waals surface area contributed by atoms with Gasteiger partial charge in [0.05, 0.1) is 0 Å². The molecule has 0 aromatic rings. The number of hydrogen-bond acceptors (Lipinski definition) is 2. The summed E-state index contributed by atoms with van der Waals surface area (Å²) in [5, 5.41) is 3.76. The van der Waals surface area contributed by atoms with Gasteiger partial charge in [0.15, 0.2) is 0 Å². The summed E-state index contributed by atoms with van der Waals surface area (Å²) in [6.07, 6.45) is 9.73. The first kappa shape index (κ1) is 19.0. The molecule has 0 aliphatic heterocycles. The van der Waals surface area contributed by atoms with Gasteiger partial charge in [-0.25, -0.2) is 0 Å². The van der Waals surface area contributed by atoms with Crippen molar-refractivity contribution in [3.05, 3.63) is 0 Å². The van der Waals surface area contributed by atoms with Crippen molar-refractivity contribution in [1.29, 1.82) is 0 Å². The molecule has 0 heterocycles. The van der Waals surface area contributed by atoms with Crippen LogP contribution in [0.25, 0.3) is 0 Å². The second-order valence-corrected chi connectivity index (χ2v) is 8.15. The fourth-order valence-electron chi connectivity index (χ4n) is 3.67. The molecular weight excluding hydrogens is 256 g/mol. The van der Waals surface area contributed by atoms with Gasteiger partial charge in [-0.2, -0.15) is 0 Å². The summed E-state index contributed by atoms with van der Waals surface area (Å²) < 4.78 is 0. The Morgan fingerprint density at radius 2 is 1.86 bits per heavy atom. The maximum absolute atomic E-state index is 3.76. The largest absolute Gasteiger partial charge is 0.316 e. The molecule has 1 aliphatic carbocycles. The van der Waals surface area contributed by atoms with E-state index in [9.17, 15) is 0 Å². The van der Waals surface area contributed by atoms with Crippen LogP contribution in [0.15, 0.2) is 0 Å². The van der Waals surface area contributed by atoms with Crippen LogP contribution in [0.4, 0.5) is 0 Å². The lowest BCUT2D eigenvalue weighted by Gasteiger charge is -2.42. The van der Waals surface area contributed by atoms with E-state index in [2.05, 4.69) is 45.0 Å². The molecule has 1 saturated carbocycles. The van der Waals surface area contributed by atoms with Crippen LogP contribution in [0.2, 0.25) is 0 Å². The first-order valence-corrected chi connectivity index (χ1v) is 9.36. The topological polar surface area (TPSA) is 15.3 Å². The summed E-state index contributed by atoms with van der Waals surface area (Å²) in [6, 6.07) is 0. The van der Waals surface area contributed by atoms with E-state index in [1.54, 1.807) is 0 Å². The average molecular weight is 297 g/mol. The second kappa shape index (κ2) is 9.84. The van der Waals surface area contributed by atoms with Crippen molar-refractivity contribution in [2.75, 3.05) is 33.2 Å². The van der Waals surface area contributed by atoms with Crippen molar-refractivity contribution >= 4 is 0 Å². The third kappa shape index (κ3) is 7.65. The molecule has 0 aromatic heterocycles. The lowest BCUT2D eigenvalue weighted by Crippen LogP contribution is -2.46. The zero-order valence-corrected chi connectivity index (χ0v) is 15.4. The predicted octanol–water partition coefficient (Wildman–Crippen LogP) is 4.55. The van der Waals surface area contributed by atoms with Gasteiger partial charge in [-0.05, 0) is 56.7 Å². The first-order valence-electron chi connectivity index (χ1n) is 9.36. The molecule has 1 N–H and O–H groups in total. The maximum atomic E-state index is 3.76. The minimum absolute atomic E-state index is 0.530. The van der Waals surface area contributed by atoms with E-state index in [1.807, 2.05) is 0 Å². The van der Waals surface area contributed by atoms with Crippen molar-refractivity contribution in [2.45, 2.75) is 72.6 Å². The van der Waals surface area contributed by atoms with Gasteiger partial charge >= 0.3 is 0 Å². The molecule has 0 atom stereocenters. The zero-order valence-electron chi connectivity index (χ0n) is 15.4. The molecule has 2 heteroatoms. The Morgan fingerprint density at radius 3 is 2.43 bits per heavy atom. The number of nitrogens with one attached hydrogen (secondary N) is 1. The van der Waals surface area contributed by atoms with Crippen LogP contribution in [-0.2, 0) is 0 Å². The van der Waals surface area contributed by atoms with Crippen LogP contribution in [0, 0.1) is 17.3 Å². The number of unbranched alkanes of at least 4 members (excludes halogenated alkanes) is 2. The minimum atomic E-state index is 0.530. The van der Waals surface area contributed by atoms with Gasteiger partial charge in [-0.15, -0.1) is 0 Å². The van der Waals surface area contributed by atoms with Crippen LogP contribution in [-0.4, -0.2) is 38.1 Å². The Hall–Kier alpha value is -0.0800. The van der Waals surface area contributed by atoms with Crippen molar-refractivity contribution in [2.24, 2.45) is 17.3 Å². The third-order valence-corrected chi connectivity index (χ3v) is 5.14. The van der Waals surface area contributed by atoms with Gasteiger partial charge in [0.25, 0.3) is 0 Å². The van der Waals surface area contributed by atoms with Crippen molar-refractivity contribution in [3.8, 4) is 0 Å². The van der Waals surface area contributed by atoms with E-state index in [0.717, 1.165) is 18.4 Å². The summed E-state index contributed by atoms with van der Waals surface area (Å²) in [7, 11) is 2.33. The smallest absolute Gasteiger partial charge is 0.00471 e. The molecule has 0 unspecified atom stereocenters. The first-order chi connectivity index (χ1) is 9.97. The molecule has 21 heavy (non-hydrogen) atoms. The summed E-state index contributed by atoms with van der Waals surface area (Å²) in [4.78, 5) is 2.60. The number of rotatable bonds is 10. The minimum Gasteiger partial charge on any atom is -0.316 e. The second-order valence-electron chi connectivity index (χ2n) is 8.15. The lowest BCUT2D eigenvalue weighted by molar-refractivity contribution is 0.0973. The molecule has 1 rings (SSSR count). The summed E-state index contributed by atoms with van der Waals surface area (Å²) in [5.41, 5.74) is 0.530. The molecule has 1 aliphatic rings. The van der Waals surface area contributed by atoms with Crippen molar-refractivity contribution < 1.29 is 0 Å². The van der Waals surface area contributed by atoms with Crippen LogP contribution in [0.5, 0.6) is 0 Å². The molecule has 0 bridgehead atoms. The van der Waals surface area contributed by atoms with E-state index < -0.39 is 0 Å². The Kier molecular flexibility index (Phi) is 8.89. The molecule has 0 amide bonds. The number of hydrogen-bond donors (Lipinski definition) is 1. The molecule has 0 saturated heterocycles. The normalized spacial score (nSPS) is 26.7. The highest BCUT2D eigenvalue weighted by molar-refractivity contribution is 4.89. The van der Waals surface area contributed by atoms with Crippen molar-refractivity contribution in [3.63, 3.8) is 0 Å². The molecule has 2 nitrogen and oxygen atoms in total. The van der Waals surface area contributed by atoms with E-state index in [1.165, 1.54) is 64.6 Å². The summed E-state index contributed by atoms with van der Waals surface area (Å²) in [5.74, 6) is 1.69. The molecule has 0 radical (unpaired) electrons. The van der Waals surface area contributed by atoms with Crippen LogP contribution in [0.3, 0.4) is 0 Å². The standard InChI is InChI=1S/C19H40N2/c1-6-7-8-13-21(5)16-19(15-20-14-17(2)3)11-9-18(4)10-12-19/h17-18,20H,6-16H2,1-5H3. The Morgan fingerprint density at radius 1 is 1.19 bits per heavy atom.